The lowest BCUT2D eigenvalue weighted by Gasteiger charge is -2.26. The summed E-state index contributed by atoms with van der Waals surface area (Å²) < 4.78 is 0. The number of rotatable bonds is 2. The molecule has 1 atom stereocenters. The van der Waals surface area contributed by atoms with Crippen molar-refractivity contribution in [3.63, 3.8) is 0 Å². The molecule has 4 heteroatoms. The van der Waals surface area contributed by atoms with Gasteiger partial charge in [-0.15, -0.1) is 0 Å². The van der Waals surface area contributed by atoms with E-state index in [1.165, 1.54) is 18.4 Å². The summed E-state index contributed by atoms with van der Waals surface area (Å²) in [6, 6.07) is 8.51. The zero-order valence-electron chi connectivity index (χ0n) is 10.7. The topological polar surface area (TPSA) is 44.4 Å². The fourth-order valence-electron chi connectivity index (χ4n) is 2.82. The minimum absolute atomic E-state index is 0.100. The van der Waals surface area contributed by atoms with Crippen molar-refractivity contribution in [1.82, 2.24) is 10.7 Å². The minimum atomic E-state index is 0.100. The van der Waals surface area contributed by atoms with Crippen LogP contribution < -0.4 is 15.8 Å². The number of nitrogens with zero attached hydrogens (tertiary/aromatic N) is 1. The summed E-state index contributed by atoms with van der Waals surface area (Å²) in [6.45, 7) is 4.11. The van der Waals surface area contributed by atoms with E-state index in [0.29, 0.717) is 6.42 Å². The summed E-state index contributed by atoms with van der Waals surface area (Å²) in [5.74, 6) is 0.100. The van der Waals surface area contributed by atoms with E-state index in [1.807, 2.05) is 5.01 Å². The maximum Gasteiger partial charge on any atom is 0.240 e. The normalized spacial score (nSPS) is 27.6. The highest BCUT2D eigenvalue weighted by Crippen LogP contribution is 2.31. The molecule has 2 fully saturated rings. The first-order valence-electron chi connectivity index (χ1n) is 6.60. The molecule has 96 valence electrons. The predicted molar refractivity (Wildman–Crippen MR) is 71.1 cm³/mol. The molecule has 2 N–H and O–H groups in total. The fourth-order valence-corrected chi connectivity index (χ4v) is 2.82. The lowest BCUT2D eigenvalue weighted by Crippen LogP contribution is -2.34. The van der Waals surface area contributed by atoms with Crippen LogP contribution in [-0.4, -0.2) is 19.0 Å². The zero-order chi connectivity index (χ0) is 12.6. The highest BCUT2D eigenvalue weighted by Gasteiger charge is 2.30. The van der Waals surface area contributed by atoms with Crippen molar-refractivity contribution < 1.29 is 4.79 Å². The summed E-state index contributed by atoms with van der Waals surface area (Å²) in [4.78, 5) is 11.2. The molecule has 1 unspecified atom stereocenters. The second-order valence-corrected chi connectivity index (χ2v) is 5.35. The van der Waals surface area contributed by atoms with E-state index < -0.39 is 0 Å². The molecule has 0 aromatic heterocycles. The van der Waals surface area contributed by atoms with Crippen LogP contribution in [-0.2, 0) is 10.3 Å². The van der Waals surface area contributed by atoms with Crippen LogP contribution in [0.4, 0.5) is 5.69 Å². The van der Waals surface area contributed by atoms with Crippen molar-refractivity contribution in [1.29, 1.82) is 0 Å². The third kappa shape index (κ3) is 1.97. The van der Waals surface area contributed by atoms with Crippen molar-refractivity contribution in [2.45, 2.75) is 31.7 Å². The van der Waals surface area contributed by atoms with Gasteiger partial charge in [0, 0.05) is 18.5 Å². The van der Waals surface area contributed by atoms with Gasteiger partial charge < -0.3 is 5.32 Å². The van der Waals surface area contributed by atoms with Crippen LogP contribution in [0.2, 0.25) is 0 Å². The fraction of sp³-hybridized carbons (Fsp3) is 0.500. The second-order valence-electron chi connectivity index (χ2n) is 5.35. The summed E-state index contributed by atoms with van der Waals surface area (Å²) >= 11 is 0. The van der Waals surface area contributed by atoms with Crippen molar-refractivity contribution in [2.75, 3.05) is 18.1 Å². The van der Waals surface area contributed by atoms with Gasteiger partial charge in [-0.2, -0.15) is 0 Å². The monoisotopic (exact) mass is 245 g/mol. The average Bonchev–Trinajstić information content (AvgIpc) is 3.00. The first-order valence-corrected chi connectivity index (χ1v) is 6.60. The average molecular weight is 245 g/mol. The number of benzene rings is 1. The Bertz CT molecular complexity index is 449. The largest absolute Gasteiger partial charge is 0.308 e. The molecule has 0 aliphatic carbocycles. The molecule has 2 heterocycles. The van der Waals surface area contributed by atoms with Crippen LogP contribution >= 0.6 is 0 Å². The third-order valence-electron chi connectivity index (χ3n) is 4.01. The molecule has 4 nitrogen and oxygen atoms in total. The summed E-state index contributed by atoms with van der Waals surface area (Å²) in [6.07, 6.45) is 3.01. The predicted octanol–water partition coefficient (Wildman–Crippen LogP) is 1.53. The van der Waals surface area contributed by atoms with Gasteiger partial charge in [0.05, 0.1) is 5.69 Å². The number of amides is 1. The smallest absolute Gasteiger partial charge is 0.240 e. The number of hydrogen-bond acceptors (Lipinski definition) is 3. The Morgan fingerprint density at radius 2 is 2.06 bits per heavy atom. The van der Waals surface area contributed by atoms with E-state index >= 15 is 0 Å². The number of carbonyl (C=O) groups excluding carboxylic acids is 1. The Kier molecular flexibility index (Phi) is 2.74. The molecule has 1 aromatic carbocycles. The lowest BCUT2D eigenvalue weighted by atomic mass is 9.90. The van der Waals surface area contributed by atoms with Crippen molar-refractivity contribution in [2.24, 2.45) is 0 Å². The minimum Gasteiger partial charge on any atom is -0.308 e. The molecule has 3 rings (SSSR count). The molecule has 0 radical (unpaired) electrons. The molecule has 1 amide bonds. The number of hydrogen-bond donors (Lipinski definition) is 2. The molecular weight excluding hydrogens is 226 g/mol. The van der Waals surface area contributed by atoms with Gasteiger partial charge in [-0.1, -0.05) is 12.1 Å². The van der Waals surface area contributed by atoms with Gasteiger partial charge in [0.15, 0.2) is 0 Å². The van der Waals surface area contributed by atoms with Crippen LogP contribution in [0.5, 0.6) is 0 Å². The van der Waals surface area contributed by atoms with Crippen LogP contribution in [0.15, 0.2) is 24.3 Å². The first kappa shape index (κ1) is 11.5. The van der Waals surface area contributed by atoms with E-state index in [9.17, 15) is 4.79 Å². The Labute approximate surface area is 107 Å². The van der Waals surface area contributed by atoms with Gasteiger partial charge in [0.1, 0.15) is 0 Å². The Hall–Kier alpha value is -1.55. The number of hydrazine groups is 1. The molecule has 1 aromatic rings. The molecule has 0 bridgehead atoms. The Morgan fingerprint density at radius 1 is 1.28 bits per heavy atom. The summed E-state index contributed by atoms with van der Waals surface area (Å²) in [5, 5.41) is 5.48. The second kappa shape index (κ2) is 4.28. The van der Waals surface area contributed by atoms with Gasteiger partial charge in [-0.25, -0.2) is 0 Å². The van der Waals surface area contributed by atoms with Gasteiger partial charge in [-0.3, -0.25) is 15.2 Å². The van der Waals surface area contributed by atoms with Crippen molar-refractivity contribution in [3.8, 4) is 0 Å². The molecule has 0 saturated carbocycles. The first-order chi connectivity index (χ1) is 8.67. The van der Waals surface area contributed by atoms with Crippen molar-refractivity contribution >= 4 is 11.6 Å². The molecule has 2 aliphatic rings. The number of nitrogens with one attached hydrogen (secondary N) is 2. The highest BCUT2D eigenvalue weighted by atomic mass is 16.2. The van der Waals surface area contributed by atoms with E-state index in [0.717, 1.165) is 18.8 Å². The van der Waals surface area contributed by atoms with Gasteiger partial charge in [0.2, 0.25) is 5.91 Å². The van der Waals surface area contributed by atoms with Crippen molar-refractivity contribution in [3.05, 3.63) is 29.8 Å². The highest BCUT2D eigenvalue weighted by molar-refractivity contribution is 5.81. The van der Waals surface area contributed by atoms with Gasteiger partial charge >= 0.3 is 0 Å². The van der Waals surface area contributed by atoms with Crippen LogP contribution in [0.25, 0.3) is 0 Å². The summed E-state index contributed by atoms with van der Waals surface area (Å²) in [5.41, 5.74) is 5.35. The van der Waals surface area contributed by atoms with Crippen LogP contribution in [0.1, 0.15) is 31.7 Å². The molecular formula is C14H19N3O. The van der Waals surface area contributed by atoms with E-state index in [-0.39, 0.29) is 11.4 Å². The maximum absolute atomic E-state index is 11.2. The quantitative estimate of drug-likeness (QED) is 0.830. The van der Waals surface area contributed by atoms with E-state index in [2.05, 4.69) is 41.9 Å². The molecule has 2 aliphatic heterocycles. The standard InChI is InChI=1S/C14H19N3O/c1-14(8-2-9-15-14)11-3-5-12(6-4-11)17-10-7-13(18)16-17/h3-6,15H,2,7-10H2,1H3,(H,16,18). The van der Waals surface area contributed by atoms with Crippen LogP contribution in [0, 0.1) is 0 Å². The number of carbonyl (C=O) groups is 1. The third-order valence-corrected chi connectivity index (χ3v) is 4.01. The van der Waals surface area contributed by atoms with E-state index in [1.54, 1.807) is 0 Å². The molecule has 18 heavy (non-hydrogen) atoms. The zero-order valence-corrected chi connectivity index (χ0v) is 10.7. The molecule has 0 spiro atoms. The SMILES string of the molecule is CC1(c2ccc(N3CCC(=O)N3)cc2)CCCN1. The maximum atomic E-state index is 11.2. The van der Waals surface area contributed by atoms with Gasteiger partial charge in [0.25, 0.3) is 0 Å². The Balaban J connectivity index is 1.78. The Morgan fingerprint density at radius 3 is 2.61 bits per heavy atom. The van der Waals surface area contributed by atoms with E-state index in [4.69, 9.17) is 0 Å². The molecule has 2 saturated heterocycles. The summed E-state index contributed by atoms with van der Waals surface area (Å²) in [7, 11) is 0. The van der Waals surface area contributed by atoms with Crippen LogP contribution in [0.3, 0.4) is 0 Å². The number of anilines is 1. The lowest BCUT2D eigenvalue weighted by molar-refractivity contribution is -0.119. The van der Waals surface area contributed by atoms with Gasteiger partial charge in [-0.05, 0) is 44.0 Å².